The number of carbonyl (C=O) groups excluding carboxylic acids is 1. The molecule has 1 fully saturated rings. The minimum absolute atomic E-state index is 0.0307. The molecule has 0 radical (unpaired) electrons. The molecule has 1 saturated heterocycles. The van der Waals surface area contributed by atoms with E-state index in [-0.39, 0.29) is 11.9 Å². The second-order valence-electron chi connectivity index (χ2n) is 6.29. The molecule has 1 amide bonds. The standard InChI is InChI=1S/C19H24N4O/c1-14-5-3-6-15(2)19(14)22-18(24)13-23-10-9-21-12-17(23)16-7-4-8-20-11-16/h3-8,11,17,21H,9-10,12-13H2,1-2H3,(H,22,24). The van der Waals surface area contributed by atoms with Crippen LogP contribution < -0.4 is 10.6 Å². The Morgan fingerprint density at radius 1 is 1.29 bits per heavy atom. The number of piperazine rings is 1. The van der Waals surface area contributed by atoms with Crippen LogP contribution in [0.2, 0.25) is 0 Å². The van der Waals surface area contributed by atoms with Gasteiger partial charge in [0.2, 0.25) is 5.91 Å². The van der Waals surface area contributed by atoms with Gasteiger partial charge >= 0.3 is 0 Å². The summed E-state index contributed by atoms with van der Waals surface area (Å²) in [7, 11) is 0. The van der Waals surface area contributed by atoms with Gasteiger partial charge in [-0.2, -0.15) is 0 Å². The Morgan fingerprint density at radius 2 is 2.08 bits per heavy atom. The van der Waals surface area contributed by atoms with Crippen molar-refractivity contribution in [3.63, 3.8) is 0 Å². The van der Waals surface area contributed by atoms with E-state index < -0.39 is 0 Å². The second-order valence-corrected chi connectivity index (χ2v) is 6.29. The smallest absolute Gasteiger partial charge is 0.238 e. The summed E-state index contributed by atoms with van der Waals surface area (Å²) in [6.45, 7) is 7.00. The van der Waals surface area contributed by atoms with Crippen LogP contribution in [0, 0.1) is 13.8 Å². The van der Waals surface area contributed by atoms with E-state index in [1.54, 1.807) is 6.20 Å². The lowest BCUT2D eigenvalue weighted by Gasteiger charge is -2.35. The summed E-state index contributed by atoms with van der Waals surface area (Å²) in [4.78, 5) is 19.0. The lowest BCUT2D eigenvalue weighted by atomic mass is 10.1. The fourth-order valence-corrected chi connectivity index (χ4v) is 3.21. The van der Waals surface area contributed by atoms with Crippen molar-refractivity contribution >= 4 is 11.6 Å². The third-order valence-corrected chi connectivity index (χ3v) is 4.52. The molecule has 126 valence electrons. The third kappa shape index (κ3) is 3.80. The third-order valence-electron chi connectivity index (χ3n) is 4.52. The Balaban J connectivity index is 1.70. The molecule has 24 heavy (non-hydrogen) atoms. The maximum Gasteiger partial charge on any atom is 0.238 e. The zero-order valence-electron chi connectivity index (χ0n) is 14.2. The number of aryl methyl sites for hydroxylation is 2. The number of nitrogens with one attached hydrogen (secondary N) is 2. The summed E-state index contributed by atoms with van der Waals surface area (Å²) in [5.74, 6) is 0.0307. The molecule has 0 aliphatic carbocycles. The molecule has 1 aromatic carbocycles. The lowest BCUT2D eigenvalue weighted by Crippen LogP contribution is -2.48. The largest absolute Gasteiger partial charge is 0.324 e. The van der Waals surface area contributed by atoms with Gasteiger partial charge in [0.25, 0.3) is 0 Å². The van der Waals surface area contributed by atoms with Crippen LogP contribution >= 0.6 is 0 Å². The van der Waals surface area contributed by atoms with Crippen LogP contribution in [0.1, 0.15) is 22.7 Å². The van der Waals surface area contributed by atoms with Crippen molar-refractivity contribution in [2.75, 3.05) is 31.5 Å². The predicted octanol–water partition coefficient (Wildman–Crippen LogP) is 2.28. The highest BCUT2D eigenvalue weighted by Crippen LogP contribution is 2.22. The van der Waals surface area contributed by atoms with E-state index >= 15 is 0 Å². The Labute approximate surface area is 143 Å². The summed E-state index contributed by atoms with van der Waals surface area (Å²) >= 11 is 0. The number of anilines is 1. The number of carbonyl (C=O) groups is 1. The monoisotopic (exact) mass is 324 g/mol. The zero-order chi connectivity index (χ0) is 16.9. The number of nitrogens with zero attached hydrogens (tertiary/aromatic N) is 2. The maximum absolute atomic E-state index is 12.6. The normalized spacial score (nSPS) is 18.3. The van der Waals surface area contributed by atoms with Gasteiger partial charge in [-0.05, 0) is 36.6 Å². The van der Waals surface area contributed by atoms with Gasteiger partial charge in [-0.3, -0.25) is 14.7 Å². The average molecular weight is 324 g/mol. The summed E-state index contributed by atoms with van der Waals surface area (Å²) < 4.78 is 0. The first kappa shape index (κ1) is 16.6. The summed E-state index contributed by atoms with van der Waals surface area (Å²) in [6, 6.07) is 10.2. The number of rotatable bonds is 4. The van der Waals surface area contributed by atoms with Crippen LogP contribution in [0.4, 0.5) is 5.69 Å². The number of pyridine rings is 1. The van der Waals surface area contributed by atoms with Crippen molar-refractivity contribution in [1.82, 2.24) is 15.2 Å². The van der Waals surface area contributed by atoms with Crippen molar-refractivity contribution in [1.29, 1.82) is 0 Å². The van der Waals surface area contributed by atoms with Crippen LogP contribution in [-0.4, -0.2) is 42.0 Å². The van der Waals surface area contributed by atoms with Crippen molar-refractivity contribution < 1.29 is 4.79 Å². The molecule has 2 aromatic rings. The van der Waals surface area contributed by atoms with Gasteiger partial charge < -0.3 is 10.6 Å². The van der Waals surface area contributed by atoms with Gasteiger partial charge in [0, 0.05) is 43.8 Å². The topological polar surface area (TPSA) is 57.3 Å². The second kappa shape index (κ2) is 7.55. The molecule has 1 aromatic heterocycles. The summed E-state index contributed by atoms with van der Waals surface area (Å²) in [5.41, 5.74) is 4.25. The zero-order valence-corrected chi connectivity index (χ0v) is 14.2. The van der Waals surface area contributed by atoms with Crippen molar-refractivity contribution in [3.8, 4) is 0 Å². The summed E-state index contributed by atoms with van der Waals surface area (Å²) in [6.07, 6.45) is 3.66. The highest BCUT2D eigenvalue weighted by Gasteiger charge is 2.25. The molecule has 5 heteroatoms. The molecule has 0 spiro atoms. The van der Waals surface area contributed by atoms with E-state index in [0.717, 1.165) is 42.0 Å². The molecule has 3 rings (SSSR count). The first-order valence-electron chi connectivity index (χ1n) is 8.36. The summed E-state index contributed by atoms with van der Waals surface area (Å²) in [5, 5.41) is 6.48. The Bertz CT molecular complexity index is 682. The number of aromatic nitrogens is 1. The first-order valence-corrected chi connectivity index (χ1v) is 8.36. The maximum atomic E-state index is 12.6. The Kier molecular flexibility index (Phi) is 5.23. The van der Waals surface area contributed by atoms with Crippen LogP contribution in [0.25, 0.3) is 0 Å². The van der Waals surface area contributed by atoms with Gasteiger partial charge in [0.05, 0.1) is 6.54 Å². The molecule has 1 atom stereocenters. The van der Waals surface area contributed by atoms with Crippen LogP contribution in [-0.2, 0) is 4.79 Å². The van der Waals surface area contributed by atoms with Crippen molar-refractivity contribution in [2.45, 2.75) is 19.9 Å². The fourth-order valence-electron chi connectivity index (χ4n) is 3.21. The molecule has 5 nitrogen and oxygen atoms in total. The lowest BCUT2D eigenvalue weighted by molar-refractivity contribution is -0.118. The first-order chi connectivity index (χ1) is 11.6. The van der Waals surface area contributed by atoms with E-state index in [1.165, 1.54) is 0 Å². The highest BCUT2D eigenvalue weighted by atomic mass is 16.2. The number of amides is 1. The molecule has 0 bridgehead atoms. The van der Waals surface area contributed by atoms with Gasteiger partial charge in [0.15, 0.2) is 0 Å². The van der Waals surface area contributed by atoms with Crippen molar-refractivity contribution in [3.05, 3.63) is 59.4 Å². The van der Waals surface area contributed by atoms with Gasteiger partial charge in [-0.1, -0.05) is 24.3 Å². The van der Waals surface area contributed by atoms with Gasteiger partial charge in [-0.25, -0.2) is 0 Å². The molecule has 2 N–H and O–H groups in total. The van der Waals surface area contributed by atoms with E-state index in [2.05, 4.69) is 26.6 Å². The molecule has 1 aliphatic rings. The Hall–Kier alpha value is -2.24. The number of hydrogen-bond donors (Lipinski definition) is 2. The molecule has 1 unspecified atom stereocenters. The van der Waals surface area contributed by atoms with E-state index in [4.69, 9.17) is 0 Å². The van der Waals surface area contributed by atoms with Gasteiger partial charge in [-0.15, -0.1) is 0 Å². The number of benzene rings is 1. The van der Waals surface area contributed by atoms with Gasteiger partial charge in [0.1, 0.15) is 0 Å². The predicted molar refractivity (Wildman–Crippen MR) is 96.0 cm³/mol. The molecular formula is C19H24N4O. The van der Waals surface area contributed by atoms with Crippen LogP contribution in [0.5, 0.6) is 0 Å². The van der Waals surface area contributed by atoms with Crippen LogP contribution in [0.15, 0.2) is 42.7 Å². The minimum atomic E-state index is 0.0307. The highest BCUT2D eigenvalue weighted by molar-refractivity contribution is 5.93. The molecule has 0 saturated carbocycles. The minimum Gasteiger partial charge on any atom is -0.324 e. The number of para-hydroxylation sites is 1. The Morgan fingerprint density at radius 3 is 2.79 bits per heavy atom. The van der Waals surface area contributed by atoms with Crippen molar-refractivity contribution in [2.24, 2.45) is 0 Å². The number of hydrogen-bond acceptors (Lipinski definition) is 4. The average Bonchev–Trinajstić information content (AvgIpc) is 2.60. The van der Waals surface area contributed by atoms with E-state index in [1.807, 2.05) is 44.3 Å². The SMILES string of the molecule is Cc1cccc(C)c1NC(=O)CN1CCNCC1c1cccnc1. The molecule has 2 heterocycles. The van der Waals surface area contributed by atoms with Crippen LogP contribution in [0.3, 0.4) is 0 Å². The molecular weight excluding hydrogens is 300 g/mol. The molecule has 1 aliphatic heterocycles. The fraction of sp³-hybridized carbons (Fsp3) is 0.368. The van der Waals surface area contributed by atoms with E-state index in [0.29, 0.717) is 6.54 Å². The van der Waals surface area contributed by atoms with E-state index in [9.17, 15) is 4.79 Å². The quantitative estimate of drug-likeness (QED) is 0.906.